The summed E-state index contributed by atoms with van der Waals surface area (Å²) in [5, 5.41) is 3.65. The zero-order chi connectivity index (χ0) is 13.7. The van der Waals surface area contributed by atoms with Crippen molar-refractivity contribution in [1.29, 1.82) is 0 Å². The van der Waals surface area contributed by atoms with Crippen LogP contribution in [0.1, 0.15) is 72.1 Å². The predicted molar refractivity (Wildman–Crippen MR) is 83.5 cm³/mol. The fraction of sp³-hybridized carbons (Fsp3) is 1.00. The molecular weight excluding hydrogens is 232 g/mol. The van der Waals surface area contributed by atoms with E-state index in [0.29, 0.717) is 5.41 Å². The molecule has 1 N–H and O–H groups in total. The lowest BCUT2D eigenvalue weighted by molar-refractivity contribution is 0.0738. The summed E-state index contributed by atoms with van der Waals surface area (Å²) in [6, 6.07) is 1.67. The molecule has 0 spiro atoms. The van der Waals surface area contributed by atoms with Crippen LogP contribution < -0.4 is 5.32 Å². The molecule has 1 saturated carbocycles. The average Bonchev–Trinajstić information content (AvgIpc) is 2.78. The molecule has 0 aromatic heterocycles. The summed E-state index contributed by atoms with van der Waals surface area (Å²) in [4.78, 5) is 2.85. The first-order valence-electron chi connectivity index (χ1n) is 8.67. The van der Waals surface area contributed by atoms with E-state index in [9.17, 15) is 0 Å². The van der Waals surface area contributed by atoms with Gasteiger partial charge >= 0.3 is 0 Å². The van der Waals surface area contributed by atoms with Gasteiger partial charge in [-0.15, -0.1) is 0 Å². The quantitative estimate of drug-likeness (QED) is 0.786. The molecule has 2 heteroatoms. The van der Waals surface area contributed by atoms with Gasteiger partial charge in [-0.2, -0.15) is 0 Å². The Kier molecular flexibility index (Phi) is 5.70. The van der Waals surface area contributed by atoms with E-state index in [2.05, 4.69) is 31.0 Å². The monoisotopic (exact) mass is 266 g/mol. The van der Waals surface area contributed by atoms with E-state index in [1.165, 1.54) is 64.5 Å². The maximum atomic E-state index is 3.65. The second-order valence-electron chi connectivity index (χ2n) is 7.00. The van der Waals surface area contributed by atoms with Crippen molar-refractivity contribution in [2.75, 3.05) is 19.6 Å². The zero-order valence-electron chi connectivity index (χ0n) is 13.4. The highest BCUT2D eigenvalue weighted by Crippen LogP contribution is 2.39. The normalized spacial score (nSPS) is 31.7. The first-order valence-corrected chi connectivity index (χ1v) is 8.67. The highest BCUT2D eigenvalue weighted by molar-refractivity contribution is 4.93. The van der Waals surface area contributed by atoms with Crippen LogP contribution in [0.3, 0.4) is 0 Å². The van der Waals surface area contributed by atoms with E-state index < -0.39 is 0 Å². The van der Waals surface area contributed by atoms with Crippen molar-refractivity contribution in [3.05, 3.63) is 0 Å². The lowest BCUT2D eigenvalue weighted by atomic mass is 9.73. The summed E-state index contributed by atoms with van der Waals surface area (Å²) in [6.45, 7) is 10.8. The lowest BCUT2D eigenvalue weighted by Gasteiger charge is -2.43. The number of hydrogen-bond donors (Lipinski definition) is 1. The summed E-state index contributed by atoms with van der Waals surface area (Å²) in [6.07, 6.45) is 11.4. The minimum Gasteiger partial charge on any atom is -0.316 e. The molecule has 0 radical (unpaired) electrons. The van der Waals surface area contributed by atoms with Crippen LogP contribution in [-0.4, -0.2) is 36.6 Å². The van der Waals surface area contributed by atoms with E-state index >= 15 is 0 Å². The summed E-state index contributed by atoms with van der Waals surface area (Å²) in [5.74, 6) is 0. The fourth-order valence-electron chi connectivity index (χ4n) is 4.32. The second-order valence-corrected chi connectivity index (χ2v) is 7.00. The van der Waals surface area contributed by atoms with Crippen molar-refractivity contribution in [1.82, 2.24) is 10.2 Å². The number of rotatable bonds is 6. The smallest absolute Gasteiger partial charge is 0.00962 e. The molecule has 2 rings (SSSR count). The molecular formula is C17H34N2. The van der Waals surface area contributed by atoms with Gasteiger partial charge in [0.2, 0.25) is 0 Å². The molecule has 1 aliphatic heterocycles. The third-order valence-electron chi connectivity index (χ3n) is 5.61. The maximum Gasteiger partial charge on any atom is 0.00962 e. The van der Waals surface area contributed by atoms with Gasteiger partial charge in [0.1, 0.15) is 0 Å². The minimum atomic E-state index is 0.570. The Morgan fingerprint density at radius 2 is 1.84 bits per heavy atom. The van der Waals surface area contributed by atoms with Crippen molar-refractivity contribution in [2.24, 2.45) is 5.41 Å². The minimum absolute atomic E-state index is 0.570. The first-order chi connectivity index (χ1) is 9.21. The molecule has 112 valence electrons. The van der Waals surface area contributed by atoms with E-state index in [1.54, 1.807) is 0 Å². The van der Waals surface area contributed by atoms with Crippen molar-refractivity contribution < 1.29 is 0 Å². The van der Waals surface area contributed by atoms with Gasteiger partial charge in [0.15, 0.2) is 0 Å². The molecule has 1 saturated heterocycles. The van der Waals surface area contributed by atoms with Gasteiger partial charge in [-0.05, 0) is 51.0 Å². The van der Waals surface area contributed by atoms with Gasteiger partial charge in [0.05, 0.1) is 0 Å². The van der Waals surface area contributed by atoms with Crippen molar-refractivity contribution >= 4 is 0 Å². The van der Waals surface area contributed by atoms with E-state index in [1.807, 2.05) is 0 Å². The molecule has 1 aliphatic carbocycles. The van der Waals surface area contributed by atoms with Crippen LogP contribution in [0.2, 0.25) is 0 Å². The third kappa shape index (κ3) is 3.72. The summed E-state index contributed by atoms with van der Waals surface area (Å²) in [5.41, 5.74) is 0.570. The number of hydrogen-bond acceptors (Lipinski definition) is 2. The fourth-order valence-corrected chi connectivity index (χ4v) is 4.32. The van der Waals surface area contributed by atoms with Crippen LogP contribution in [-0.2, 0) is 0 Å². The van der Waals surface area contributed by atoms with E-state index in [4.69, 9.17) is 0 Å². The van der Waals surface area contributed by atoms with Gasteiger partial charge in [0, 0.05) is 25.2 Å². The molecule has 0 bridgehead atoms. The third-order valence-corrected chi connectivity index (χ3v) is 5.61. The summed E-state index contributed by atoms with van der Waals surface area (Å²) < 4.78 is 0. The first kappa shape index (κ1) is 15.3. The van der Waals surface area contributed by atoms with Gasteiger partial charge in [-0.3, -0.25) is 4.90 Å². The van der Waals surface area contributed by atoms with Crippen LogP contribution in [0.5, 0.6) is 0 Å². The molecule has 2 fully saturated rings. The number of likely N-dealkylation sites (tertiary alicyclic amines) is 1. The van der Waals surface area contributed by atoms with Gasteiger partial charge < -0.3 is 5.32 Å². The van der Waals surface area contributed by atoms with Crippen LogP contribution >= 0.6 is 0 Å². The maximum absolute atomic E-state index is 3.65. The van der Waals surface area contributed by atoms with Gasteiger partial charge in [-0.1, -0.05) is 33.1 Å². The second kappa shape index (κ2) is 7.08. The van der Waals surface area contributed by atoms with Crippen molar-refractivity contribution in [3.63, 3.8) is 0 Å². The topological polar surface area (TPSA) is 15.3 Å². The Balaban J connectivity index is 2.01. The number of nitrogens with zero attached hydrogens (tertiary/aromatic N) is 1. The SMILES string of the molecule is CCNCC1(CN2C(C)CCC2CC)CCCCC1. The van der Waals surface area contributed by atoms with E-state index in [-0.39, 0.29) is 0 Å². The Morgan fingerprint density at radius 1 is 1.11 bits per heavy atom. The molecule has 0 amide bonds. The van der Waals surface area contributed by atoms with Crippen LogP contribution in [0.15, 0.2) is 0 Å². The van der Waals surface area contributed by atoms with E-state index in [0.717, 1.165) is 18.6 Å². The van der Waals surface area contributed by atoms with Crippen molar-refractivity contribution in [2.45, 2.75) is 84.2 Å². The molecule has 1 heterocycles. The predicted octanol–water partition coefficient (Wildman–Crippen LogP) is 3.81. The lowest BCUT2D eigenvalue weighted by Crippen LogP contribution is -2.48. The molecule has 0 aromatic carbocycles. The molecule has 2 atom stereocenters. The molecule has 19 heavy (non-hydrogen) atoms. The van der Waals surface area contributed by atoms with Gasteiger partial charge in [-0.25, -0.2) is 0 Å². The Hall–Kier alpha value is -0.0800. The van der Waals surface area contributed by atoms with Gasteiger partial charge in [0.25, 0.3) is 0 Å². The largest absolute Gasteiger partial charge is 0.316 e. The summed E-state index contributed by atoms with van der Waals surface area (Å²) >= 11 is 0. The Bertz CT molecular complexity index is 258. The zero-order valence-corrected chi connectivity index (χ0v) is 13.4. The average molecular weight is 266 g/mol. The molecule has 2 aliphatic rings. The Labute approximate surface area is 120 Å². The standard InChI is InChI=1S/C17H34N2/c1-4-16-10-9-15(3)19(16)14-17(13-18-5-2)11-7-6-8-12-17/h15-16,18H,4-14H2,1-3H3. The molecule has 2 nitrogen and oxygen atoms in total. The van der Waals surface area contributed by atoms with Crippen LogP contribution in [0.25, 0.3) is 0 Å². The highest BCUT2D eigenvalue weighted by atomic mass is 15.2. The molecule has 2 unspecified atom stereocenters. The van der Waals surface area contributed by atoms with Crippen LogP contribution in [0.4, 0.5) is 0 Å². The van der Waals surface area contributed by atoms with Crippen molar-refractivity contribution in [3.8, 4) is 0 Å². The number of nitrogens with one attached hydrogen (secondary N) is 1. The highest BCUT2D eigenvalue weighted by Gasteiger charge is 2.38. The van der Waals surface area contributed by atoms with Crippen LogP contribution in [0, 0.1) is 5.41 Å². The summed E-state index contributed by atoms with van der Waals surface area (Å²) in [7, 11) is 0. The Morgan fingerprint density at radius 3 is 2.47 bits per heavy atom. The molecule has 0 aromatic rings.